The van der Waals surface area contributed by atoms with Crippen molar-refractivity contribution in [1.29, 1.82) is 0 Å². The first-order valence-electron chi connectivity index (χ1n) is 4.88. The molecule has 1 aromatic rings. The molecule has 0 fully saturated rings. The fraction of sp³-hybridized carbons (Fsp3) is 0.308. The normalized spacial score (nSPS) is 13.1. The Morgan fingerprint density at radius 3 is 2.64 bits per heavy atom. The van der Waals surface area contributed by atoms with Crippen LogP contribution in [0.1, 0.15) is 31.9 Å². The van der Waals surface area contributed by atoms with Crippen LogP contribution in [0.15, 0.2) is 36.2 Å². The molecule has 1 nitrogen and oxygen atoms in total. The minimum Gasteiger partial charge on any atom is -0.264 e. The van der Waals surface area contributed by atoms with E-state index in [0.29, 0.717) is 0 Å². The summed E-state index contributed by atoms with van der Waals surface area (Å²) >= 11 is 0. The Balaban J connectivity index is 3.18. The van der Waals surface area contributed by atoms with E-state index in [1.54, 1.807) is 0 Å². The predicted octanol–water partition coefficient (Wildman–Crippen LogP) is 3.76. The van der Waals surface area contributed by atoms with E-state index in [-0.39, 0.29) is 0 Å². The SMILES string of the molecule is C/C=C\C(C)=C(/C)c1cnccc1C. The molecule has 14 heavy (non-hydrogen) atoms. The van der Waals surface area contributed by atoms with Crippen LogP contribution in [-0.4, -0.2) is 4.98 Å². The van der Waals surface area contributed by atoms with Crippen LogP contribution in [0, 0.1) is 6.92 Å². The van der Waals surface area contributed by atoms with Crippen molar-refractivity contribution in [3.8, 4) is 0 Å². The van der Waals surface area contributed by atoms with Crippen LogP contribution in [0.3, 0.4) is 0 Å². The van der Waals surface area contributed by atoms with Gasteiger partial charge in [0.15, 0.2) is 0 Å². The van der Waals surface area contributed by atoms with Crippen LogP contribution in [0.2, 0.25) is 0 Å². The Kier molecular flexibility index (Phi) is 3.63. The number of pyridine rings is 1. The number of aryl methyl sites for hydroxylation is 1. The number of hydrogen-bond donors (Lipinski definition) is 0. The summed E-state index contributed by atoms with van der Waals surface area (Å²) < 4.78 is 0. The molecule has 1 heterocycles. The molecule has 0 unspecified atom stereocenters. The van der Waals surface area contributed by atoms with Crippen LogP contribution in [0.25, 0.3) is 5.57 Å². The second-order valence-corrected chi connectivity index (χ2v) is 3.50. The van der Waals surface area contributed by atoms with E-state index >= 15 is 0 Å². The van der Waals surface area contributed by atoms with E-state index in [9.17, 15) is 0 Å². The van der Waals surface area contributed by atoms with Crippen LogP contribution in [0.5, 0.6) is 0 Å². The van der Waals surface area contributed by atoms with Crippen molar-refractivity contribution in [2.24, 2.45) is 0 Å². The number of aromatic nitrogens is 1. The third kappa shape index (κ3) is 2.32. The molecule has 74 valence electrons. The molecule has 0 radical (unpaired) electrons. The lowest BCUT2D eigenvalue weighted by atomic mass is 10.00. The second-order valence-electron chi connectivity index (χ2n) is 3.50. The van der Waals surface area contributed by atoms with E-state index in [2.05, 4.69) is 37.9 Å². The van der Waals surface area contributed by atoms with E-state index in [4.69, 9.17) is 0 Å². The highest BCUT2D eigenvalue weighted by molar-refractivity contribution is 5.70. The third-order valence-electron chi connectivity index (χ3n) is 2.45. The predicted molar refractivity (Wildman–Crippen MR) is 62.1 cm³/mol. The molecule has 0 N–H and O–H groups in total. The summed E-state index contributed by atoms with van der Waals surface area (Å²) in [6.45, 7) is 8.41. The standard InChI is InChI=1S/C13H17N/c1-5-6-10(2)12(4)13-9-14-8-7-11(13)3/h5-9H,1-4H3/b6-5-,12-10+. The fourth-order valence-electron chi connectivity index (χ4n) is 1.44. The Labute approximate surface area is 86.2 Å². The molecular formula is C13H17N. The van der Waals surface area contributed by atoms with Gasteiger partial charge in [0.2, 0.25) is 0 Å². The molecule has 0 aliphatic carbocycles. The van der Waals surface area contributed by atoms with Crippen LogP contribution in [-0.2, 0) is 0 Å². The van der Waals surface area contributed by atoms with Gasteiger partial charge in [0.05, 0.1) is 0 Å². The highest BCUT2D eigenvalue weighted by Crippen LogP contribution is 2.20. The summed E-state index contributed by atoms with van der Waals surface area (Å²) in [6, 6.07) is 2.04. The molecule has 1 aromatic heterocycles. The maximum atomic E-state index is 4.15. The van der Waals surface area contributed by atoms with Crippen molar-refractivity contribution >= 4 is 5.57 Å². The quantitative estimate of drug-likeness (QED) is 0.642. The molecule has 0 bridgehead atoms. The summed E-state index contributed by atoms with van der Waals surface area (Å²) in [7, 11) is 0. The van der Waals surface area contributed by atoms with Crippen molar-refractivity contribution in [2.75, 3.05) is 0 Å². The number of rotatable bonds is 2. The number of allylic oxidation sites excluding steroid dienone is 4. The van der Waals surface area contributed by atoms with Crippen molar-refractivity contribution in [2.45, 2.75) is 27.7 Å². The van der Waals surface area contributed by atoms with E-state index in [1.165, 1.54) is 22.3 Å². The average molecular weight is 187 g/mol. The number of nitrogens with zero attached hydrogens (tertiary/aromatic N) is 1. The minimum absolute atomic E-state index is 1.24. The molecule has 0 atom stereocenters. The molecule has 0 saturated carbocycles. The Morgan fingerprint density at radius 2 is 2.07 bits per heavy atom. The molecule has 0 spiro atoms. The zero-order valence-electron chi connectivity index (χ0n) is 9.33. The third-order valence-corrected chi connectivity index (χ3v) is 2.45. The smallest absolute Gasteiger partial charge is 0.0345 e. The maximum Gasteiger partial charge on any atom is 0.0345 e. The van der Waals surface area contributed by atoms with Crippen LogP contribution in [0.4, 0.5) is 0 Å². The van der Waals surface area contributed by atoms with Gasteiger partial charge in [-0.15, -0.1) is 0 Å². The van der Waals surface area contributed by atoms with Gasteiger partial charge in [-0.1, -0.05) is 12.2 Å². The van der Waals surface area contributed by atoms with Gasteiger partial charge in [-0.2, -0.15) is 0 Å². The first-order chi connectivity index (χ1) is 6.66. The second kappa shape index (κ2) is 4.75. The highest BCUT2D eigenvalue weighted by atomic mass is 14.6. The zero-order valence-corrected chi connectivity index (χ0v) is 9.33. The van der Waals surface area contributed by atoms with Crippen LogP contribution < -0.4 is 0 Å². The van der Waals surface area contributed by atoms with E-state index in [1.807, 2.05) is 25.4 Å². The van der Waals surface area contributed by atoms with E-state index in [0.717, 1.165) is 0 Å². The van der Waals surface area contributed by atoms with Crippen molar-refractivity contribution in [1.82, 2.24) is 4.98 Å². The van der Waals surface area contributed by atoms with Gasteiger partial charge in [0, 0.05) is 12.4 Å². The molecular weight excluding hydrogens is 170 g/mol. The molecule has 0 aliphatic rings. The highest BCUT2D eigenvalue weighted by Gasteiger charge is 2.01. The fourth-order valence-corrected chi connectivity index (χ4v) is 1.44. The van der Waals surface area contributed by atoms with Gasteiger partial charge < -0.3 is 0 Å². The van der Waals surface area contributed by atoms with Gasteiger partial charge >= 0.3 is 0 Å². The van der Waals surface area contributed by atoms with Crippen molar-refractivity contribution in [3.05, 3.63) is 47.3 Å². The summed E-state index contributed by atoms with van der Waals surface area (Å²) in [5.41, 5.74) is 5.11. The Hall–Kier alpha value is -1.37. The number of hydrogen-bond acceptors (Lipinski definition) is 1. The first-order valence-corrected chi connectivity index (χ1v) is 4.88. The summed E-state index contributed by atoms with van der Waals surface area (Å²) in [5.74, 6) is 0. The molecule has 0 aliphatic heterocycles. The zero-order chi connectivity index (χ0) is 10.6. The molecule has 1 heteroatoms. The van der Waals surface area contributed by atoms with Crippen molar-refractivity contribution in [3.63, 3.8) is 0 Å². The topological polar surface area (TPSA) is 12.9 Å². The summed E-state index contributed by atoms with van der Waals surface area (Å²) in [6.07, 6.45) is 7.95. The van der Waals surface area contributed by atoms with Gasteiger partial charge in [-0.25, -0.2) is 0 Å². The van der Waals surface area contributed by atoms with Gasteiger partial charge in [-0.05, 0) is 56.0 Å². The Morgan fingerprint density at radius 1 is 1.36 bits per heavy atom. The van der Waals surface area contributed by atoms with Gasteiger partial charge in [0.1, 0.15) is 0 Å². The first kappa shape index (κ1) is 10.7. The monoisotopic (exact) mass is 187 g/mol. The van der Waals surface area contributed by atoms with Crippen LogP contribution >= 0.6 is 0 Å². The van der Waals surface area contributed by atoms with E-state index < -0.39 is 0 Å². The largest absolute Gasteiger partial charge is 0.264 e. The molecule has 0 saturated heterocycles. The van der Waals surface area contributed by atoms with Gasteiger partial charge in [-0.3, -0.25) is 4.98 Å². The average Bonchev–Trinajstić information content (AvgIpc) is 2.18. The lowest BCUT2D eigenvalue weighted by Crippen LogP contribution is -1.89. The molecule has 1 rings (SSSR count). The van der Waals surface area contributed by atoms with Gasteiger partial charge in [0.25, 0.3) is 0 Å². The Bertz CT molecular complexity index is 373. The van der Waals surface area contributed by atoms with Crippen molar-refractivity contribution < 1.29 is 0 Å². The molecule has 0 aromatic carbocycles. The minimum atomic E-state index is 1.24. The molecule has 0 amide bonds. The maximum absolute atomic E-state index is 4.15. The summed E-state index contributed by atoms with van der Waals surface area (Å²) in [5, 5.41) is 0. The summed E-state index contributed by atoms with van der Waals surface area (Å²) in [4.78, 5) is 4.15. The lowest BCUT2D eigenvalue weighted by Gasteiger charge is -2.07. The lowest BCUT2D eigenvalue weighted by molar-refractivity contribution is 1.25.